The van der Waals surface area contributed by atoms with Crippen LogP contribution in [0.3, 0.4) is 0 Å². The van der Waals surface area contributed by atoms with E-state index in [1.165, 1.54) is 36.6 Å². The molecule has 0 amide bonds. The molecule has 0 saturated carbocycles. The van der Waals surface area contributed by atoms with Crippen LogP contribution in [0.2, 0.25) is 5.02 Å². The van der Waals surface area contributed by atoms with Gasteiger partial charge in [-0.15, -0.1) is 0 Å². The first-order valence-electron chi connectivity index (χ1n) is 9.64. The number of halogens is 4. The second-order valence-electron chi connectivity index (χ2n) is 7.40. The van der Waals surface area contributed by atoms with Crippen LogP contribution in [0.1, 0.15) is 17.1 Å². The number of ether oxygens (including phenoxy) is 1. The Hall–Kier alpha value is -3.23. The Morgan fingerprint density at radius 2 is 1.84 bits per heavy atom. The minimum Gasteiger partial charge on any atom is -0.478 e. The van der Waals surface area contributed by atoms with Gasteiger partial charge < -0.3 is 13.6 Å². The van der Waals surface area contributed by atoms with Crippen molar-refractivity contribution in [2.45, 2.75) is 19.3 Å². The molecular weight excluding hydrogens is 447 g/mol. The van der Waals surface area contributed by atoms with Crippen molar-refractivity contribution in [3.05, 3.63) is 87.1 Å². The molecule has 1 aliphatic heterocycles. The van der Waals surface area contributed by atoms with E-state index < -0.39 is 22.9 Å². The van der Waals surface area contributed by atoms with Crippen molar-refractivity contribution >= 4 is 22.6 Å². The zero-order valence-electron chi connectivity index (χ0n) is 16.4. The molecule has 2 aromatic carbocycles. The Balaban J connectivity index is 1.68. The van der Waals surface area contributed by atoms with Crippen LogP contribution in [0.4, 0.5) is 13.2 Å². The van der Waals surface area contributed by atoms with Gasteiger partial charge in [0.05, 0.1) is 29.3 Å². The van der Waals surface area contributed by atoms with Crippen molar-refractivity contribution in [2.24, 2.45) is 0 Å². The van der Waals surface area contributed by atoms with Gasteiger partial charge in [-0.25, -0.2) is 0 Å². The third-order valence-electron chi connectivity index (χ3n) is 5.25. The molecule has 4 aromatic rings. The number of fused-ring (bicyclic) bond motifs is 3. The number of hydrogen-bond donors (Lipinski definition) is 0. The summed E-state index contributed by atoms with van der Waals surface area (Å²) in [6.07, 6.45) is -3.34. The predicted molar refractivity (Wildman–Crippen MR) is 111 cm³/mol. The Bertz CT molecular complexity index is 1350. The van der Waals surface area contributed by atoms with Crippen LogP contribution in [0, 0.1) is 0 Å². The van der Waals surface area contributed by atoms with Gasteiger partial charge in [-0.2, -0.15) is 13.2 Å². The first kappa shape index (κ1) is 20.7. The molecule has 1 aliphatic rings. The van der Waals surface area contributed by atoms with E-state index in [9.17, 15) is 18.0 Å². The van der Waals surface area contributed by atoms with Gasteiger partial charge in [0.2, 0.25) is 11.2 Å². The highest BCUT2D eigenvalue weighted by molar-refractivity contribution is 6.30. The summed E-state index contributed by atoms with van der Waals surface area (Å²) < 4.78 is 58.4. The molecule has 164 valence electrons. The molecule has 0 unspecified atom stereocenters. The molecule has 5 nitrogen and oxygen atoms in total. The van der Waals surface area contributed by atoms with Crippen molar-refractivity contribution in [2.75, 3.05) is 6.73 Å². The lowest BCUT2D eigenvalue weighted by Crippen LogP contribution is -2.31. The molecule has 0 fully saturated rings. The monoisotopic (exact) mass is 461 g/mol. The molecule has 0 bridgehead atoms. The first-order chi connectivity index (χ1) is 15.3. The lowest BCUT2D eigenvalue weighted by Gasteiger charge is -2.28. The third kappa shape index (κ3) is 3.65. The summed E-state index contributed by atoms with van der Waals surface area (Å²) in [5.41, 5.74) is -1.00. The summed E-state index contributed by atoms with van der Waals surface area (Å²) in [5, 5.41) is 0.389. The van der Waals surface area contributed by atoms with E-state index in [-0.39, 0.29) is 29.8 Å². The van der Waals surface area contributed by atoms with E-state index >= 15 is 0 Å². The van der Waals surface area contributed by atoms with Crippen LogP contribution < -0.4 is 10.2 Å². The molecule has 0 radical (unpaired) electrons. The maximum atomic E-state index is 14.0. The standard InChI is InChI=1S/C23H15ClF3NO4/c24-14-5-3-13(4-6-14)19-20(29)16-7-8-18-17(21(16)32-22(19)23(25,26)27)11-28(12-31-18)10-15-2-1-9-30-15/h1-9H,10-12H2. The zero-order valence-corrected chi connectivity index (χ0v) is 17.2. The highest BCUT2D eigenvalue weighted by Crippen LogP contribution is 2.40. The molecule has 2 aromatic heterocycles. The number of rotatable bonds is 3. The first-order valence-corrected chi connectivity index (χ1v) is 10.0. The van der Waals surface area contributed by atoms with Crippen LogP contribution in [0.15, 0.2) is 68.4 Å². The Morgan fingerprint density at radius 3 is 2.53 bits per heavy atom. The second kappa shape index (κ2) is 7.72. The van der Waals surface area contributed by atoms with Gasteiger partial charge in [0, 0.05) is 11.6 Å². The van der Waals surface area contributed by atoms with Crippen LogP contribution in [0.25, 0.3) is 22.1 Å². The second-order valence-corrected chi connectivity index (χ2v) is 7.84. The summed E-state index contributed by atoms with van der Waals surface area (Å²) in [6, 6.07) is 12.1. The van der Waals surface area contributed by atoms with E-state index in [0.717, 1.165) is 0 Å². The molecule has 3 heterocycles. The van der Waals surface area contributed by atoms with Gasteiger partial charge >= 0.3 is 6.18 Å². The van der Waals surface area contributed by atoms with Gasteiger partial charge in [0.1, 0.15) is 23.8 Å². The fourth-order valence-electron chi connectivity index (χ4n) is 3.81. The Labute approximate surface area is 184 Å². The zero-order chi connectivity index (χ0) is 22.5. The van der Waals surface area contributed by atoms with Crippen LogP contribution in [-0.2, 0) is 19.3 Å². The predicted octanol–water partition coefficient (Wildman–Crippen LogP) is 6.08. The fourth-order valence-corrected chi connectivity index (χ4v) is 3.94. The molecule has 0 spiro atoms. The van der Waals surface area contributed by atoms with Crippen molar-refractivity contribution in [3.8, 4) is 16.9 Å². The quantitative estimate of drug-likeness (QED) is 0.370. The van der Waals surface area contributed by atoms with Gasteiger partial charge in [0.25, 0.3) is 0 Å². The van der Waals surface area contributed by atoms with Gasteiger partial charge in [-0.1, -0.05) is 23.7 Å². The minimum absolute atomic E-state index is 0.0464. The Kier molecular flexibility index (Phi) is 4.98. The molecule has 0 atom stereocenters. The number of alkyl halides is 3. The van der Waals surface area contributed by atoms with E-state index in [1.54, 1.807) is 18.2 Å². The number of benzene rings is 2. The molecule has 0 aliphatic carbocycles. The average Bonchev–Trinajstić information content (AvgIpc) is 3.26. The maximum absolute atomic E-state index is 14.0. The number of nitrogens with zero attached hydrogens (tertiary/aromatic N) is 1. The summed E-state index contributed by atoms with van der Waals surface area (Å²) >= 11 is 5.86. The minimum atomic E-state index is -4.88. The molecule has 0 saturated heterocycles. The molecule has 9 heteroatoms. The topological polar surface area (TPSA) is 55.8 Å². The van der Waals surface area contributed by atoms with Crippen molar-refractivity contribution in [1.82, 2.24) is 4.90 Å². The smallest absolute Gasteiger partial charge is 0.450 e. The normalized spacial score (nSPS) is 14.4. The highest BCUT2D eigenvalue weighted by atomic mass is 35.5. The van der Waals surface area contributed by atoms with Crippen LogP contribution in [-0.4, -0.2) is 11.6 Å². The van der Waals surface area contributed by atoms with Crippen molar-refractivity contribution in [1.29, 1.82) is 0 Å². The van der Waals surface area contributed by atoms with Crippen LogP contribution >= 0.6 is 11.6 Å². The number of hydrogen-bond acceptors (Lipinski definition) is 5. The summed E-state index contributed by atoms with van der Waals surface area (Å²) in [6.45, 7) is 0.842. The Morgan fingerprint density at radius 1 is 1.06 bits per heavy atom. The SMILES string of the molecule is O=c1c(-c2ccc(Cl)cc2)c(C(F)(F)F)oc2c3c(ccc12)OCN(Cc1ccco1)C3. The van der Waals surface area contributed by atoms with E-state index in [0.29, 0.717) is 28.6 Å². The van der Waals surface area contributed by atoms with E-state index in [4.69, 9.17) is 25.2 Å². The van der Waals surface area contributed by atoms with Crippen LogP contribution in [0.5, 0.6) is 5.75 Å². The summed E-state index contributed by atoms with van der Waals surface area (Å²) in [7, 11) is 0. The third-order valence-corrected chi connectivity index (χ3v) is 5.51. The highest BCUT2D eigenvalue weighted by Gasteiger charge is 2.40. The summed E-state index contributed by atoms with van der Waals surface area (Å²) in [5.74, 6) is -0.294. The molecular formula is C23H15ClF3NO4. The largest absolute Gasteiger partial charge is 0.478 e. The van der Waals surface area contributed by atoms with Crippen molar-refractivity contribution < 1.29 is 26.7 Å². The lowest BCUT2D eigenvalue weighted by atomic mass is 10.00. The fraction of sp³-hybridized carbons (Fsp3) is 0.174. The van der Waals surface area contributed by atoms with Gasteiger partial charge in [-0.05, 0) is 42.0 Å². The molecule has 0 N–H and O–H groups in total. The summed E-state index contributed by atoms with van der Waals surface area (Å²) in [4.78, 5) is 15.1. The van der Waals surface area contributed by atoms with E-state index in [1.807, 2.05) is 4.90 Å². The lowest BCUT2D eigenvalue weighted by molar-refractivity contribution is -0.152. The molecule has 32 heavy (non-hydrogen) atoms. The van der Waals surface area contributed by atoms with Gasteiger partial charge in [-0.3, -0.25) is 9.69 Å². The van der Waals surface area contributed by atoms with Crippen molar-refractivity contribution in [3.63, 3.8) is 0 Å². The maximum Gasteiger partial charge on any atom is 0.450 e. The number of furan rings is 1. The van der Waals surface area contributed by atoms with E-state index in [2.05, 4.69) is 0 Å². The average molecular weight is 462 g/mol. The molecule has 5 rings (SSSR count). The van der Waals surface area contributed by atoms with Gasteiger partial charge in [0.15, 0.2) is 0 Å².